The Labute approximate surface area is 128 Å². The van der Waals surface area contributed by atoms with Gasteiger partial charge in [-0.1, -0.05) is 0 Å². The highest BCUT2D eigenvalue weighted by atomic mass is 32.1. The third-order valence-electron chi connectivity index (χ3n) is 3.42. The van der Waals surface area contributed by atoms with Gasteiger partial charge in [-0.3, -0.25) is 9.69 Å². The molecule has 6 nitrogen and oxygen atoms in total. The zero-order chi connectivity index (χ0) is 15.7. The number of anilines is 1. The lowest BCUT2D eigenvalue weighted by Crippen LogP contribution is -2.34. The fourth-order valence-electron chi connectivity index (χ4n) is 2.07. The number of carbonyl (C=O) groups excluding carboxylic acids is 1. The van der Waals surface area contributed by atoms with Gasteiger partial charge in [-0.05, 0) is 26.5 Å². The second-order valence-corrected chi connectivity index (χ2v) is 6.65. The molecule has 0 atom stereocenters. The van der Waals surface area contributed by atoms with E-state index in [0.29, 0.717) is 24.7 Å². The summed E-state index contributed by atoms with van der Waals surface area (Å²) in [4.78, 5) is 26.2. The predicted octanol–water partition coefficient (Wildman–Crippen LogP) is 1.41. The van der Waals surface area contributed by atoms with Gasteiger partial charge in [0.2, 0.25) is 5.91 Å². The Morgan fingerprint density at radius 1 is 1.24 bits per heavy atom. The summed E-state index contributed by atoms with van der Waals surface area (Å²) in [5.74, 6) is 1.22. The summed E-state index contributed by atoms with van der Waals surface area (Å²) in [6.45, 7) is 4.92. The minimum atomic E-state index is 0.0503. The Morgan fingerprint density at radius 2 is 1.90 bits per heavy atom. The number of amides is 1. The third kappa shape index (κ3) is 3.30. The van der Waals surface area contributed by atoms with E-state index in [1.807, 2.05) is 18.9 Å². The van der Waals surface area contributed by atoms with Crippen LogP contribution < -0.4 is 5.73 Å². The molecule has 0 bridgehead atoms. The van der Waals surface area contributed by atoms with Crippen LogP contribution in [0.1, 0.15) is 16.3 Å². The summed E-state index contributed by atoms with van der Waals surface area (Å²) < 4.78 is 0. The van der Waals surface area contributed by atoms with Crippen LogP contribution in [0.5, 0.6) is 0 Å². The summed E-state index contributed by atoms with van der Waals surface area (Å²) >= 11 is 1.63. The van der Waals surface area contributed by atoms with Gasteiger partial charge in [-0.15, -0.1) is 11.3 Å². The van der Waals surface area contributed by atoms with Crippen LogP contribution >= 0.6 is 11.3 Å². The van der Waals surface area contributed by atoms with Crippen LogP contribution in [-0.2, 0) is 11.3 Å². The minimum absolute atomic E-state index is 0.0503. The molecule has 7 heteroatoms. The molecule has 0 unspecified atom stereocenters. The molecule has 2 heterocycles. The molecular formula is C14H21N5OS. The molecule has 2 aromatic heterocycles. The van der Waals surface area contributed by atoms with Crippen molar-refractivity contribution >= 4 is 33.3 Å². The van der Waals surface area contributed by atoms with Crippen molar-refractivity contribution in [3.63, 3.8) is 0 Å². The van der Waals surface area contributed by atoms with Gasteiger partial charge in [0.25, 0.3) is 0 Å². The SMILES string of the molecule is Cc1sc2nc(CN(C)CC(=O)N(C)C)nc(N)c2c1C. The lowest BCUT2D eigenvalue weighted by atomic mass is 10.2. The maximum Gasteiger partial charge on any atom is 0.236 e. The number of carbonyl (C=O) groups is 1. The number of fused-ring (bicyclic) bond motifs is 1. The monoisotopic (exact) mass is 307 g/mol. The average Bonchev–Trinajstić information content (AvgIpc) is 2.64. The van der Waals surface area contributed by atoms with Crippen molar-refractivity contribution in [3.8, 4) is 0 Å². The lowest BCUT2D eigenvalue weighted by Gasteiger charge is -2.18. The predicted molar refractivity (Wildman–Crippen MR) is 86.3 cm³/mol. The van der Waals surface area contributed by atoms with E-state index in [1.54, 1.807) is 30.3 Å². The number of nitrogen functional groups attached to an aromatic ring is 1. The summed E-state index contributed by atoms with van der Waals surface area (Å²) in [7, 11) is 5.36. The maximum atomic E-state index is 11.7. The Kier molecular flexibility index (Phi) is 4.43. The van der Waals surface area contributed by atoms with Gasteiger partial charge in [-0.2, -0.15) is 0 Å². The van der Waals surface area contributed by atoms with Crippen LogP contribution in [0.4, 0.5) is 5.82 Å². The molecule has 0 saturated heterocycles. The topological polar surface area (TPSA) is 75.4 Å². The highest BCUT2D eigenvalue weighted by molar-refractivity contribution is 7.18. The molecule has 0 saturated carbocycles. The standard InChI is InChI=1S/C14H21N5OS/c1-8-9(2)21-14-12(8)13(15)16-10(17-14)6-19(5)7-11(20)18(3)4/h6-7H2,1-5H3,(H2,15,16,17). The van der Waals surface area contributed by atoms with Crippen LogP contribution in [0.15, 0.2) is 0 Å². The fourth-order valence-corrected chi connectivity index (χ4v) is 3.12. The number of hydrogen-bond acceptors (Lipinski definition) is 6. The van der Waals surface area contributed by atoms with Crippen molar-refractivity contribution in [1.82, 2.24) is 19.8 Å². The second-order valence-electron chi connectivity index (χ2n) is 5.45. The highest BCUT2D eigenvalue weighted by Gasteiger charge is 2.15. The molecule has 0 radical (unpaired) electrons. The third-order valence-corrected chi connectivity index (χ3v) is 4.52. The average molecular weight is 307 g/mol. The number of aromatic nitrogens is 2. The molecule has 21 heavy (non-hydrogen) atoms. The lowest BCUT2D eigenvalue weighted by molar-refractivity contribution is -0.129. The van der Waals surface area contributed by atoms with Crippen molar-refractivity contribution in [2.75, 3.05) is 33.4 Å². The number of rotatable bonds is 4. The van der Waals surface area contributed by atoms with Gasteiger partial charge in [0, 0.05) is 19.0 Å². The van der Waals surface area contributed by atoms with Crippen molar-refractivity contribution in [2.45, 2.75) is 20.4 Å². The number of thiophene rings is 1. The quantitative estimate of drug-likeness (QED) is 0.924. The molecule has 2 N–H and O–H groups in total. The summed E-state index contributed by atoms with van der Waals surface area (Å²) in [5, 5.41) is 0.952. The van der Waals surface area contributed by atoms with Gasteiger partial charge >= 0.3 is 0 Å². The normalized spacial score (nSPS) is 11.3. The zero-order valence-electron chi connectivity index (χ0n) is 13.1. The number of nitrogens with two attached hydrogens (primary N) is 1. The number of likely N-dealkylation sites (N-methyl/N-ethyl adjacent to an activating group) is 2. The van der Waals surface area contributed by atoms with Gasteiger partial charge in [0.05, 0.1) is 18.5 Å². The van der Waals surface area contributed by atoms with E-state index >= 15 is 0 Å². The molecule has 0 spiro atoms. The molecule has 0 fully saturated rings. The molecule has 114 valence electrons. The first-order valence-electron chi connectivity index (χ1n) is 6.70. The molecular weight excluding hydrogens is 286 g/mol. The number of aryl methyl sites for hydroxylation is 2. The number of hydrogen-bond donors (Lipinski definition) is 1. The fraction of sp³-hybridized carbons (Fsp3) is 0.500. The summed E-state index contributed by atoms with van der Waals surface area (Å²) in [6.07, 6.45) is 0. The maximum absolute atomic E-state index is 11.7. The molecule has 0 aliphatic carbocycles. The van der Waals surface area contributed by atoms with Gasteiger partial charge in [-0.25, -0.2) is 9.97 Å². The van der Waals surface area contributed by atoms with Crippen LogP contribution in [-0.4, -0.2) is 53.4 Å². The van der Waals surface area contributed by atoms with E-state index < -0.39 is 0 Å². The van der Waals surface area contributed by atoms with Crippen molar-refractivity contribution in [1.29, 1.82) is 0 Å². The smallest absolute Gasteiger partial charge is 0.236 e. The van der Waals surface area contributed by atoms with Crippen LogP contribution in [0.2, 0.25) is 0 Å². The van der Waals surface area contributed by atoms with Gasteiger partial charge in [0.15, 0.2) is 0 Å². The summed E-state index contributed by atoms with van der Waals surface area (Å²) in [6, 6.07) is 0. The van der Waals surface area contributed by atoms with Crippen LogP contribution in [0.25, 0.3) is 10.2 Å². The first kappa shape index (κ1) is 15.7. The first-order valence-corrected chi connectivity index (χ1v) is 7.52. The zero-order valence-corrected chi connectivity index (χ0v) is 13.9. The molecule has 1 amide bonds. The Balaban J connectivity index is 2.21. The van der Waals surface area contributed by atoms with E-state index in [2.05, 4.69) is 16.9 Å². The number of nitrogens with zero attached hydrogens (tertiary/aromatic N) is 4. The molecule has 0 aromatic carbocycles. The van der Waals surface area contributed by atoms with Crippen LogP contribution in [0, 0.1) is 13.8 Å². The molecule has 2 aromatic rings. The largest absolute Gasteiger partial charge is 0.383 e. The van der Waals surface area contributed by atoms with Crippen molar-refractivity contribution in [3.05, 3.63) is 16.3 Å². The van der Waals surface area contributed by atoms with E-state index in [1.165, 1.54) is 4.88 Å². The molecule has 0 aliphatic rings. The van der Waals surface area contributed by atoms with E-state index in [-0.39, 0.29) is 5.91 Å². The Morgan fingerprint density at radius 3 is 2.52 bits per heavy atom. The Bertz CT molecular complexity index is 680. The highest BCUT2D eigenvalue weighted by Crippen LogP contribution is 2.31. The minimum Gasteiger partial charge on any atom is -0.383 e. The second kappa shape index (κ2) is 5.95. The first-order chi connectivity index (χ1) is 9.79. The molecule has 2 rings (SSSR count). The Hall–Kier alpha value is -1.73. The van der Waals surface area contributed by atoms with Gasteiger partial charge < -0.3 is 10.6 Å². The van der Waals surface area contributed by atoms with Crippen LogP contribution in [0.3, 0.4) is 0 Å². The van der Waals surface area contributed by atoms with E-state index in [0.717, 1.165) is 15.8 Å². The molecule has 0 aliphatic heterocycles. The summed E-state index contributed by atoms with van der Waals surface area (Å²) in [5.41, 5.74) is 7.21. The van der Waals surface area contributed by atoms with E-state index in [4.69, 9.17) is 5.73 Å². The van der Waals surface area contributed by atoms with E-state index in [9.17, 15) is 4.79 Å². The van der Waals surface area contributed by atoms with Crippen molar-refractivity contribution < 1.29 is 4.79 Å². The van der Waals surface area contributed by atoms with Gasteiger partial charge in [0.1, 0.15) is 16.5 Å². The van der Waals surface area contributed by atoms with Crippen molar-refractivity contribution in [2.24, 2.45) is 0 Å².